The SMILES string of the molecule is Cl.Cl.N[C@@H]1CCC[C@H](Cn2ccnc2)C1. The maximum atomic E-state index is 5.93. The molecule has 1 heterocycles. The van der Waals surface area contributed by atoms with Crippen LogP contribution in [0.3, 0.4) is 0 Å². The summed E-state index contributed by atoms with van der Waals surface area (Å²) in [5, 5.41) is 0. The summed E-state index contributed by atoms with van der Waals surface area (Å²) in [6.45, 7) is 1.09. The van der Waals surface area contributed by atoms with Crippen LogP contribution in [0.15, 0.2) is 18.7 Å². The molecule has 2 rings (SSSR count). The highest BCUT2D eigenvalue weighted by Crippen LogP contribution is 2.24. The molecule has 2 N–H and O–H groups in total. The summed E-state index contributed by atoms with van der Waals surface area (Å²) in [7, 11) is 0. The largest absolute Gasteiger partial charge is 0.337 e. The smallest absolute Gasteiger partial charge is 0.0945 e. The normalized spacial score (nSPS) is 25.1. The molecule has 1 saturated carbocycles. The van der Waals surface area contributed by atoms with Crippen molar-refractivity contribution < 1.29 is 0 Å². The van der Waals surface area contributed by atoms with E-state index in [9.17, 15) is 0 Å². The van der Waals surface area contributed by atoms with Crippen molar-refractivity contribution in [2.24, 2.45) is 11.7 Å². The first kappa shape index (κ1) is 14.8. The van der Waals surface area contributed by atoms with Gasteiger partial charge in [-0.1, -0.05) is 6.42 Å². The number of hydrogen-bond donors (Lipinski definition) is 1. The van der Waals surface area contributed by atoms with Crippen molar-refractivity contribution in [1.29, 1.82) is 0 Å². The molecule has 2 atom stereocenters. The number of hydrogen-bond acceptors (Lipinski definition) is 2. The van der Waals surface area contributed by atoms with Gasteiger partial charge in [-0.25, -0.2) is 4.98 Å². The first-order chi connectivity index (χ1) is 6.34. The molecule has 0 aromatic carbocycles. The number of nitrogens with zero attached hydrogens (tertiary/aromatic N) is 2. The predicted octanol–water partition coefficient (Wildman–Crippen LogP) is 2.24. The molecule has 0 radical (unpaired) electrons. The van der Waals surface area contributed by atoms with E-state index in [2.05, 4.69) is 9.55 Å². The van der Waals surface area contributed by atoms with Gasteiger partial charge in [0, 0.05) is 25.0 Å². The number of aromatic nitrogens is 2. The lowest BCUT2D eigenvalue weighted by Gasteiger charge is -2.26. The third-order valence-electron chi connectivity index (χ3n) is 2.85. The molecular formula is C10H19Cl2N3. The highest BCUT2D eigenvalue weighted by Gasteiger charge is 2.18. The van der Waals surface area contributed by atoms with Gasteiger partial charge in [-0.15, -0.1) is 24.8 Å². The zero-order chi connectivity index (χ0) is 9.10. The van der Waals surface area contributed by atoms with E-state index in [1.54, 1.807) is 0 Å². The Morgan fingerprint density at radius 2 is 2.13 bits per heavy atom. The first-order valence-electron chi connectivity index (χ1n) is 5.06. The predicted molar refractivity (Wildman–Crippen MR) is 66.7 cm³/mol. The molecular weight excluding hydrogens is 233 g/mol. The van der Waals surface area contributed by atoms with E-state index in [0.717, 1.165) is 12.5 Å². The second-order valence-electron chi connectivity index (χ2n) is 4.05. The molecule has 0 spiro atoms. The van der Waals surface area contributed by atoms with Gasteiger partial charge in [0.1, 0.15) is 0 Å². The monoisotopic (exact) mass is 251 g/mol. The van der Waals surface area contributed by atoms with Gasteiger partial charge < -0.3 is 10.3 Å². The first-order valence-corrected chi connectivity index (χ1v) is 5.06. The maximum Gasteiger partial charge on any atom is 0.0945 e. The lowest BCUT2D eigenvalue weighted by atomic mass is 9.86. The fourth-order valence-corrected chi connectivity index (χ4v) is 2.19. The summed E-state index contributed by atoms with van der Waals surface area (Å²) < 4.78 is 2.16. The molecule has 0 saturated heterocycles. The second-order valence-corrected chi connectivity index (χ2v) is 4.05. The highest BCUT2D eigenvalue weighted by molar-refractivity contribution is 5.85. The Bertz CT molecular complexity index is 251. The number of rotatable bonds is 2. The summed E-state index contributed by atoms with van der Waals surface area (Å²) in [6, 6.07) is 0.433. The minimum atomic E-state index is 0. The second kappa shape index (κ2) is 7.09. The quantitative estimate of drug-likeness (QED) is 0.877. The molecule has 1 fully saturated rings. The summed E-state index contributed by atoms with van der Waals surface area (Å²) in [5.74, 6) is 0.762. The molecule has 5 heteroatoms. The number of nitrogens with two attached hydrogens (primary N) is 1. The fraction of sp³-hybridized carbons (Fsp3) is 0.700. The Labute approximate surface area is 103 Å². The zero-order valence-electron chi connectivity index (χ0n) is 8.71. The fourth-order valence-electron chi connectivity index (χ4n) is 2.19. The van der Waals surface area contributed by atoms with Crippen molar-refractivity contribution in [2.75, 3.05) is 0 Å². The Balaban J connectivity index is 0.000000980. The summed E-state index contributed by atoms with van der Waals surface area (Å²) in [4.78, 5) is 4.04. The van der Waals surface area contributed by atoms with E-state index < -0.39 is 0 Å². The third-order valence-corrected chi connectivity index (χ3v) is 2.85. The summed E-state index contributed by atoms with van der Waals surface area (Å²) >= 11 is 0. The van der Waals surface area contributed by atoms with Crippen LogP contribution in [0.4, 0.5) is 0 Å². The molecule has 1 aromatic rings. The Kier molecular flexibility index (Phi) is 6.98. The van der Waals surface area contributed by atoms with Gasteiger partial charge in [-0.3, -0.25) is 0 Å². The van der Waals surface area contributed by atoms with E-state index in [1.165, 1.54) is 25.7 Å². The van der Waals surface area contributed by atoms with Crippen LogP contribution >= 0.6 is 24.8 Å². The molecule has 15 heavy (non-hydrogen) atoms. The van der Waals surface area contributed by atoms with Crippen molar-refractivity contribution in [1.82, 2.24) is 9.55 Å². The molecule has 3 nitrogen and oxygen atoms in total. The van der Waals surface area contributed by atoms with Gasteiger partial charge >= 0.3 is 0 Å². The molecule has 1 aliphatic rings. The molecule has 88 valence electrons. The van der Waals surface area contributed by atoms with Crippen molar-refractivity contribution in [3.8, 4) is 0 Å². The highest BCUT2D eigenvalue weighted by atomic mass is 35.5. The topological polar surface area (TPSA) is 43.8 Å². The molecule has 0 amide bonds. The minimum absolute atomic E-state index is 0. The van der Waals surface area contributed by atoms with Crippen LogP contribution in [-0.4, -0.2) is 15.6 Å². The standard InChI is InChI=1S/C10H17N3.2ClH/c11-10-3-1-2-9(6-10)7-13-5-4-12-8-13;;/h4-5,8-10H,1-3,6-7,11H2;2*1H/t9-,10+;;/m0../s1. The van der Waals surface area contributed by atoms with Crippen LogP contribution in [0.2, 0.25) is 0 Å². The van der Waals surface area contributed by atoms with Crippen LogP contribution < -0.4 is 5.73 Å². The Hall–Kier alpha value is -0.250. The molecule has 0 aliphatic heterocycles. The van der Waals surface area contributed by atoms with Crippen LogP contribution in [0.25, 0.3) is 0 Å². The maximum absolute atomic E-state index is 5.93. The van der Waals surface area contributed by atoms with Gasteiger partial charge in [0.15, 0.2) is 0 Å². The van der Waals surface area contributed by atoms with Crippen molar-refractivity contribution in [3.05, 3.63) is 18.7 Å². The van der Waals surface area contributed by atoms with Crippen molar-refractivity contribution in [3.63, 3.8) is 0 Å². The van der Waals surface area contributed by atoms with E-state index in [4.69, 9.17) is 5.73 Å². The van der Waals surface area contributed by atoms with Crippen LogP contribution in [0, 0.1) is 5.92 Å². The van der Waals surface area contributed by atoms with Crippen LogP contribution in [-0.2, 0) is 6.54 Å². The van der Waals surface area contributed by atoms with E-state index >= 15 is 0 Å². The van der Waals surface area contributed by atoms with Crippen LogP contribution in [0.1, 0.15) is 25.7 Å². The third kappa shape index (κ3) is 4.41. The van der Waals surface area contributed by atoms with Crippen molar-refractivity contribution >= 4 is 24.8 Å². The molecule has 1 aromatic heterocycles. The summed E-state index contributed by atoms with van der Waals surface area (Å²) in [6.07, 6.45) is 10.8. The number of halogens is 2. The van der Waals surface area contributed by atoms with Gasteiger partial charge in [0.2, 0.25) is 0 Å². The average Bonchev–Trinajstić information content (AvgIpc) is 2.57. The van der Waals surface area contributed by atoms with E-state index in [1.807, 2.05) is 18.7 Å². The lowest BCUT2D eigenvalue weighted by Crippen LogP contribution is -2.29. The van der Waals surface area contributed by atoms with Gasteiger partial charge in [0.05, 0.1) is 6.33 Å². The summed E-state index contributed by atoms with van der Waals surface area (Å²) in [5.41, 5.74) is 5.93. The van der Waals surface area contributed by atoms with Gasteiger partial charge in [0.25, 0.3) is 0 Å². The van der Waals surface area contributed by atoms with E-state index in [-0.39, 0.29) is 24.8 Å². The van der Waals surface area contributed by atoms with E-state index in [0.29, 0.717) is 6.04 Å². The Morgan fingerprint density at radius 1 is 1.33 bits per heavy atom. The Morgan fingerprint density at radius 3 is 2.73 bits per heavy atom. The van der Waals surface area contributed by atoms with Gasteiger partial charge in [-0.05, 0) is 25.2 Å². The van der Waals surface area contributed by atoms with Crippen LogP contribution in [0.5, 0.6) is 0 Å². The average molecular weight is 252 g/mol. The molecule has 1 aliphatic carbocycles. The van der Waals surface area contributed by atoms with Crippen molar-refractivity contribution in [2.45, 2.75) is 38.3 Å². The zero-order valence-corrected chi connectivity index (χ0v) is 10.3. The minimum Gasteiger partial charge on any atom is -0.337 e. The number of imidazole rings is 1. The lowest BCUT2D eigenvalue weighted by molar-refractivity contribution is 0.290. The van der Waals surface area contributed by atoms with Gasteiger partial charge in [-0.2, -0.15) is 0 Å². The molecule has 0 bridgehead atoms. The molecule has 0 unspecified atom stereocenters.